The van der Waals surface area contributed by atoms with Gasteiger partial charge in [-0.3, -0.25) is 4.79 Å². The standard InChI is InChI=1S/C13H22O/c1-5-6-7-8-9-11(2)13(4)12(3)10-14/h9-10H,5-8H2,1-4H3. The van der Waals surface area contributed by atoms with Crippen LogP contribution < -0.4 is 0 Å². The summed E-state index contributed by atoms with van der Waals surface area (Å²) in [6, 6.07) is 0. The Morgan fingerprint density at radius 2 is 1.79 bits per heavy atom. The largest absolute Gasteiger partial charge is 0.298 e. The van der Waals surface area contributed by atoms with Crippen LogP contribution in [0, 0.1) is 0 Å². The molecule has 0 saturated heterocycles. The molecule has 0 rings (SSSR count). The van der Waals surface area contributed by atoms with Crippen LogP contribution >= 0.6 is 0 Å². The molecular weight excluding hydrogens is 172 g/mol. The summed E-state index contributed by atoms with van der Waals surface area (Å²) in [6.45, 7) is 8.16. The van der Waals surface area contributed by atoms with E-state index in [0.29, 0.717) is 0 Å². The molecule has 0 amide bonds. The second-order valence-electron chi connectivity index (χ2n) is 3.81. The van der Waals surface area contributed by atoms with Gasteiger partial charge in [-0.1, -0.05) is 31.4 Å². The zero-order valence-corrected chi connectivity index (χ0v) is 9.89. The second kappa shape index (κ2) is 7.54. The molecule has 0 radical (unpaired) electrons. The monoisotopic (exact) mass is 194 g/mol. The third-order valence-corrected chi connectivity index (χ3v) is 2.62. The zero-order valence-electron chi connectivity index (χ0n) is 9.89. The summed E-state index contributed by atoms with van der Waals surface area (Å²) in [5.74, 6) is 0. The molecule has 0 aliphatic heterocycles. The Labute approximate surface area is 87.9 Å². The molecule has 14 heavy (non-hydrogen) atoms. The van der Waals surface area contributed by atoms with Gasteiger partial charge in [0.25, 0.3) is 0 Å². The maximum Gasteiger partial charge on any atom is 0.146 e. The van der Waals surface area contributed by atoms with Crippen molar-refractivity contribution in [3.63, 3.8) is 0 Å². The predicted octanol–water partition coefficient (Wildman–Crippen LogP) is 4.05. The van der Waals surface area contributed by atoms with E-state index in [1.807, 2.05) is 13.8 Å². The first-order valence-corrected chi connectivity index (χ1v) is 5.43. The molecule has 0 unspecified atom stereocenters. The molecule has 0 N–H and O–H groups in total. The predicted molar refractivity (Wildman–Crippen MR) is 62.3 cm³/mol. The third kappa shape index (κ3) is 5.00. The Hall–Kier alpha value is -0.850. The van der Waals surface area contributed by atoms with E-state index in [1.165, 1.54) is 24.8 Å². The van der Waals surface area contributed by atoms with Crippen molar-refractivity contribution in [1.29, 1.82) is 0 Å². The van der Waals surface area contributed by atoms with Crippen LogP contribution in [-0.4, -0.2) is 6.29 Å². The normalized spacial score (nSPS) is 13.9. The molecule has 80 valence electrons. The molecule has 0 aliphatic rings. The molecule has 0 aromatic carbocycles. The molecule has 0 aromatic rings. The SMILES string of the molecule is CCCCCC=C(C)C(C)=C(C)C=O. The van der Waals surface area contributed by atoms with Crippen LogP contribution in [-0.2, 0) is 4.79 Å². The average Bonchev–Trinajstić information content (AvgIpc) is 2.21. The highest BCUT2D eigenvalue weighted by Crippen LogP contribution is 2.14. The summed E-state index contributed by atoms with van der Waals surface area (Å²) in [7, 11) is 0. The van der Waals surface area contributed by atoms with Gasteiger partial charge >= 0.3 is 0 Å². The van der Waals surface area contributed by atoms with Crippen molar-refractivity contribution < 1.29 is 4.79 Å². The Bertz CT molecular complexity index is 234. The maximum absolute atomic E-state index is 10.5. The first-order chi connectivity index (χ1) is 6.63. The van der Waals surface area contributed by atoms with E-state index in [2.05, 4.69) is 19.9 Å². The van der Waals surface area contributed by atoms with Gasteiger partial charge in [0.15, 0.2) is 0 Å². The van der Waals surface area contributed by atoms with Gasteiger partial charge in [0.1, 0.15) is 6.29 Å². The summed E-state index contributed by atoms with van der Waals surface area (Å²) in [4.78, 5) is 10.5. The fourth-order valence-corrected chi connectivity index (χ4v) is 1.27. The number of hydrogen-bond acceptors (Lipinski definition) is 1. The van der Waals surface area contributed by atoms with Crippen molar-refractivity contribution in [2.45, 2.75) is 53.4 Å². The molecule has 0 heterocycles. The lowest BCUT2D eigenvalue weighted by Crippen LogP contribution is -1.87. The first kappa shape index (κ1) is 13.2. The van der Waals surface area contributed by atoms with Crippen molar-refractivity contribution in [2.24, 2.45) is 0 Å². The van der Waals surface area contributed by atoms with Gasteiger partial charge in [-0.25, -0.2) is 0 Å². The molecular formula is C13H22O. The van der Waals surface area contributed by atoms with E-state index in [4.69, 9.17) is 0 Å². The number of aldehydes is 1. The molecule has 0 atom stereocenters. The fraction of sp³-hybridized carbons (Fsp3) is 0.615. The van der Waals surface area contributed by atoms with Crippen molar-refractivity contribution in [1.82, 2.24) is 0 Å². The van der Waals surface area contributed by atoms with Gasteiger partial charge in [-0.15, -0.1) is 0 Å². The van der Waals surface area contributed by atoms with E-state index < -0.39 is 0 Å². The third-order valence-electron chi connectivity index (χ3n) is 2.62. The van der Waals surface area contributed by atoms with Crippen molar-refractivity contribution >= 4 is 6.29 Å². The van der Waals surface area contributed by atoms with Crippen LogP contribution in [0.25, 0.3) is 0 Å². The lowest BCUT2D eigenvalue weighted by molar-refractivity contribution is -0.104. The van der Waals surface area contributed by atoms with E-state index in [-0.39, 0.29) is 0 Å². The lowest BCUT2D eigenvalue weighted by atomic mass is 10.0. The van der Waals surface area contributed by atoms with Gasteiger partial charge in [-0.05, 0) is 44.8 Å². The smallest absolute Gasteiger partial charge is 0.146 e. The number of hydrogen-bond donors (Lipinski definition) is 0. The van der Waals surface area contributed by atoms with Crippen LogP contribution in [0.15, 0.2) is 22.8 Å². The van der Waals surface area contributed by atoms with Crippen LogP contribution in [0.3, 0.4) is 0 Å². The summed E-state index contributed by atoms with van der Waals surface area (Å²) in [6.07, 6.45) is 8.09. The van der Waals surface area contributed by atoms with Gasteiger partial charge in [0.05, 0.1) is 0 Å². The number of allylic oxidation sites excluding steroid dienone is 4. The van der Waals surface area contributed by atoms with Crippen LogP contribution in [0.1, 0.15) is 53.4 Å². The van der Waals surface area contributed by atoms with Crippen LogP contribution in [0.4, 0.5) is 0 Å². The maximum atomic E-state index is 10.5. The van der Waals surface area contributed by atoms with Gasteiger partial charge in [-0.2, -0.15) is 0 Å². The van der Waals surface area contributed by atoms with Gasteiger partial charge in [0, 0.05) is 0 Å². The summed E-state index contributed by atoms with van der Waals surface area (Å²) in [5, 5.41) is 0. The average molecular weight is 194 g/mol. The Morgan fingerprint density at radius 1 is 1.14 bits per heavy atom. The minimum atomic E-state index is 0.842. The van der Waals surface area contributed by atoms with Crippen molar-refractivity contribution in [3.05, 3.63) is 22.8 Å². The topological polar surface area (TPSA) is 17.1 Å². The molecule has 1 heteroatoms. The van der Waals surface area contributed by atoms with E-state index in [1.54, 1.807) is 0 Å². The second-order valence-corrected chi connectivity index (χ2v) is 3.81. The highest BCUT2D eigenvalue weighted by Gasteiger charge is 1.97. The number of unbranched alkanes of at least 4 members (excludes halogenated alkanes) is 3. The summed E-state index contributed by atoms with van der Waals surface area (Å²) in [5.41, 5.74) is 3.21. The Balaban J connectivity index is 4.17. The minimum Gasteiger partial charge on any atom is -0.298 e. The van der Waals surface area contributed by atoms with Crippen molar-refractivity contribution in [2.75, 3.05) is 0 Å². The molecule has 0 aromatic heterocycles. The van der Waals surface area contributed by atoms with E-state index in [9.17, 15) is 4.79 Å². The van der Waals surface area contributed by atoms with Gasteiger partial charge in [0.2, 0.25) is 0 Å². The molecule has 0 aliphatic carbocycles. The Kier molecular flexibility index (Phi) is 7.09. The highest BCUT2D eigenvalue weighted by molar-refractivity contribution is 5.75. The van der Waals surface area contributed by atoms with Crippen LogP contribution in [0.2, 0.25) is 0 Å². The minimum absolute atomic E-state index is 0.842. The summed E-state index contributed by atoms with van der Waals surface area (Å²) < 4.78 is 0. The lowest BCUT2D eigenvalue weighted by Gasteiger charge is -2.03. The fourth-order valence-electron chi connectivity index (χ4n) is 1.27. The first-order valence-electron chi connectivity index (χ1n) is 5.43. The van der Waals surface area contributed by atoms with E-state index in [0.717, 1.165) is 23.9 Å². The summed E-state index contributed by atoms with van der Waals surface area (Å²) >= 11 is 0. The van der Waals surface area contributed by atoms with Gasteiger partial charge < -0.3 is 0 Å². The zero-order chi connectivity index (χ0) is 11.0. The van der Waals surface area contributed by atoms with Crippen LogP contribution in [0.5, 0.6) is 0 Å². The quantitative estimate of drug-likeness (QED) is 0.270. The van der Waals surface area contributed by atoms with Crippen molar-refractivity contribution in [3.8, 4) is 0 Å². The highest BCUT2D eigenvalue weighted by atomic mass is 16.1. The number of rotatable bonds is 6. The Morgan fingerprint density at radius 3 is 2.29 bits per heavy atom. The molecule has 1 nitrogen and oxygen atoms in total. The molecule has 0 bridgehead atoms. The number of carbonyl (C=O) groups excluding carboxylic acids is 1. The molecule has 0 spiro atoms. The molecule has 0 saturated carbocycles. The number of carbonyl (C=O) groups is 1. The molecule has 0 fully saturated rings. The van der Waals surface area contributed by atoms with E-state index >= 15 is 0 Å².